The van der Waals surface area contributed by atoms with Crippen molar-refractivity contribution in [2.75, 3.05) is 0 Å². The Bertz CT molecular complexity index is 651. The Kier molecular flexibility index (Phi) is 4.74. The number of carbonyl (C=O) groups excluding carboxylic acids is 1. The van der Waals surface area contributed by atoms with E-state index in [1.54, 1.807) is 24.4 Å². The largest absolute Gasteiger partial charge is 0.421 e. The summed E-state index contributed by atoms with van der Waals surface area (Å²) in [5.74, 6) is 0.532. The van der Waals surface area contributed by atoms with Crippen molar-refractivity contribution in [3.63, 3.8) is 0 Å². The van der Waals surface area contributed by atoms with E-state index in [-0.39, 0.29) is 0 Å². The molecule has 0 aliphatic heterocycles. The lowest BCUT2D eigenvalue weighted by Crippen LogP contribution is -2.09. The van der Waals surface area contributed by atoms with Crippen LogP contribution in [-0.2, 0) is 0 Å². The van der Waals surface area contributed by atoms with Crippen LogP contribution in [0, 0.1) is 0 Å². The van der Waals surface area contributed by atoms with Crippen molar-refractivity contribution in [3.8, 4) is 5.75 Å². The summed E-state index contributed by atoms with van der Waals surface area (Å²) in [6, 6.07) is 9.11. The van der Waals surface area contributed by atoms with Crippen molar-refractivity contribution in [1.82, 2.24) is 4.98 Å². The molecule has 1 heterocycles. The van der Waals surface area contributed by atoms with E-state index in [0.717, 1.165) is 0 Å². The lowest BCUT2D eigenvalue weighted by Gasteiger charge is -2.22. The van der Waals surface area contributed by atoms with Crippen molar-refractivity contribution in [1.29, 1.82) is 0 Å². The maximum absolute atomic E-state index is 12.0. The zero-order valence-electron chi connectivity index (χ0n) is 12.3. The van der Waals surface area contributed by atoms with Crippen molar-refractivity contribution in [2.45, 2.75) is 38.0 Å². The molecule has 1 aromatic carbocycles. The maximum atomic E-state index is 12.0. The standard InChI is InChI=1S/C18H18ClNO2/c19-16-11-14(13-5-2-1-3-6-13)8-9-17(16)22-18(21)15-7-4-10-20-12-15/h4,7-13H,1-3,5-6H2. The average molecular weight is 316 g/mol. The van der Waals surface area contributed by atoms with E-state index >= 15 is 0 Å². The van der Waals surface area contributed by atoms with E-state index in [1.807, 2.05) is 12.1 Å². The molecule has 114 valence electrons. The first-order chi connectivity index (χ1) is 10.7. The number of hydrogen-bond acceptors (Lipinski definition) is 3. The van der Waals surface area contributed by atoms with E-state index in [4.69, 9.17) is 16.3 Å². The molecule has 1 saturated carbocycles. The third kappa shape index (κ3) is 3.47. The van der Waals surface area contributed by atoms with Crippen LogP contribution in [0.2, 0.25) is 5.02 Å². The minimum atomic E-state index is -0.444. The van der Waals surface area contributed by atoms with Crippen LogP contribution in [0.1, 0.15) is 53.9 Å². The van der Waals surface area contributed by atoms with E-state index in [0.29, 0.717) is 22.3 Å². The predicted octanol–water partition coefficient (Wildman–Crippen LogP) is 5.00. The number of carbonyl (C=O) groups is 1. The lowest BCUT2D eigenvalue weighted by atomic mass is 9.84. The van der Waals surface area contributed by atoms with Gasteiger partial charge in [0, 0.05) is 12.4 Å². The van der Waals surface area contributed by atoms with Gasteiger partial charge in [-0.3, -0.25) is 4.98 Å². The first-order valence-corrected chi connectivity index (χ1v) is 8.03. The molecule has 0 spiro atoms. The fourth-order valence-corrected chi connectivity index (χ4v) is 3.16. The van der Waals surface area contributed by atoms with Gasteiger partial charge in [0.15, 0.2) is 0 Å². The summed E-state index contributed by atoms with van der Waals surface area (Å²) < 4.78 is 5.36. The second kappa shape index (κ2) is 6.93. The third-order valence-corrected chi connectivity index (χ3v) is 4.43. The third-order valence-electron chi connectivity index (χ3n) is 4.13. The smallest absolute Gasteiger partial charge is 0.345 e. The van der Waals surface area contributed by atoms with Gasteiger partial charge in [-0.05, 0) is 48.6 Å². The Morgan fingerprint density at radius 2 is 2.00 bits per heavy atom. The Balaban J connectivity index is 1.73. The van der Waals surface area contributed by atoms with Gasteiger partial charge in [-0.25, -0.2) is 4.79 Å². The molecule has 0 N–H and O–H groups in total. The number of halogens is 1. The van der Waals surface area contributed by atoms with Gasteiger partial charge in [0.1, 0.15) is 5.75 Å². The summed E-state index contributed by atoms with van der Waals surface area (Å²) in [5.41, 5.74) is 1.65. The highest BCUT2D eigenvalue weighted by molar-refractivity contribution is 6.32. The van der Waals surface area contributed by atoms with Gasteiger partial charge < -0.3 is 4.74 Å². The van der Waals surface area contributed by atoms with E-state index < -0.39 is 5.97 Å². The Labute approximate surface area is 135 Å². The summed E-state index contributed by atoms with van der Waals surface area (Å²) in [5, 5.41) is 0.486. The summed E-state index contributed by atoms with van der Waals surface area (Å²) in [4.78, 5) is 15.9. The summed E-state index contributed by atoms with van der Waals surface area (Å²) in [7, 11) is 0. The van der Waals surface area contributed by atoms with E-state index in [1.165, 1.54) is 43.9 Å². The van der Waals surface area contributed by atoms with Gasteiger partial charge in [-0.2, -0.15) is 0 Å². The molecular formula is C18H18ClNO2. The molecule has 3 nitrogen and oxygen atoms in total. The average Bonchev–Trinajstić information content (AvgIpc) is 2.58. The Hall–Kier alpha value is -1.87. The van der Waals surface area contributed by atoms with Crippen molar-refractivity contribution >= 4 is 17.6 Å². The van der Waals surface area contributed by atoms with Crippen LogP contribution in [0.3, 0.4) is 0 Å². The highest BCUT2D eigenvalue weighted by Gasteiger charge is 2.18. The van der Waals surface area contributed by atoms with Crippen molar-refractivity contribution < 1.29 is 9.53 Å². The zero-order valence-corrected chi connectivity index (χ0v) is 13.1. The molecule has 0 bridgehead atoms. The van der Waals surface area contributed by atoms with Gasteiger partial charge in [0.05, 0.1) is 10.6 Å². The quantitative estimate of drug-likeness (QED) is 0.591. The number of nitrogens with zero attached hydrogens (tertiary/aromatic N) is 1. The number of esters is 1. The van der Waals surface area contributed by atoms with Gasteiger partial charge in [-0.15, -0.1) is 0 Å². The topological polar surface area (TPSA) is 39.2 Å². The highest BCUT2D eigenvalue weighted by atomic mass is 35.5. The molecule has 0 radical (unpaired) electrons. The van der Waals surface area contributed by atoms with Crippen LogP contribution in [0.15, 0.2) is 42.7 Å². The number of rotatable bonds is 3. The molecule has 0 amide bonds. The molecule has 1 aliphatic rings. The summed E-state index contributed by atoms with van der Waals surface area (Å²) in [6.45, 7) is 0. The van der Waals surface area contributed by atoms with Crippen LogP contribution in [-0.4, -0.2) is 11.0 Å². The molecule has 3 rings (SSSR count). The van der Waals surface area contributed by atoms with Gasteiger partial charge >= 0.3 is 5.97 Å². The minimum absolute atomic E-state index is 0.398. The molecule has 4 heteroatoms. The highest BCUT2D eigenvalue weighted by Crippen LogP contribution is 2.36. The molecule has 0 saturated heterocycles. The Morgan fingerprint density at radius 3 is 2.68 bits per heavy atom. The second-order valence-corrected chi connectivity index (χ2v) is 6.06. The summed E-state index contributed by atoms with van der Waals surface area (Å²) >= 11 is 6.29. The number of aromatic nitrogens is 1. The zero-order chi connectivity index (χ0) is 15.4. The SMILES string of the molecule is O=C(Oc1ccc(C2CCCCC2)cc1Cl)c1cccnc1. The van der Waals surface area contributed by atoms with E-state index in [2.05, 4.69) is 4.98 Å². The van der Waals surface area contributed by atoms with Crippen molar-refractivity contribution in [3.05, 3.63) is 58.9 Å². The van der Waals surface area contributed by atoms with E-state index in [9.17, 15) is 4.79 Å². The molecule has 22 heavy (non-hydrogen) atoms. The maximum Gasteiger partial charge on any atom is 0.345 e. The summed E-state index contributed by atoms with van der Waals surface area (Å²) in [6.07, 6.45) is 9.40. The number of ether oxygens (including phenoxy) is 1. The van der Waals surface area contributed by atoms with Crippen molar-refractivity contribution in [2.24, 2.45) is 0 Å². The Morgan fingerprint density at radius 1 is 1.18 bits per heavy atom. The van der Waals surface area contributed by atoms with Gasteiger partial charge in [0.25, 0.3) is 0 Å². The molecule has 1 aliphatic carbocycles. The number of benzene rings is 1. The molecule has 0 unspecified atom stereocenters. The number of pyridine rings is 1. The molecule has 1 fully saturated rings. The minimum Gasteiger partial charge on any atom is -0.421 e. The van der Waals surface area contributed by atoms with Gasteiger partial charge in [0.2, 0.25) is 0 Å². The van der Waals surface area contributed by atoms with Crippen LogP contribution < -0.4 is 4.74 Å². The lowest BCUT2D eigenvalue weighted by molar-refractivity contribution is 0.0734. The fourth-order valence-electron chi connectivity index (χ4n) is 2.93. The normalized spacial score (nSPS) is 15.5. The monoisotopic (exact) mass is 315 g/mol. The molecule has 2 aromatic rings. The number of hydrogen-bond donors (Lipinski definition) is 0. The molecular weight excluding hydrogens is 298 g/mol. The fraction of sp³-hybridized carbons (Fsp3) is 0.333. The van der Waals surface area contributed by atoms with Crippen LogP contribution >= 0.6 is 11.6 Å². The first-order valence-electron chi connectivity index (χ1n) is 7.65. The van der Waals surface area contributed by atoms with Crippen LogP contribution in [0.25, 0.3) is 0 Å². The molecule has 1 aromatic heterocycles. The predicted molar refractivity (Wildman–Crippen MR) is 86.5 cm³/mol. The second-order valence-electron chi connectivity index (χ2n) is 5.66. The molecule has 0 atom stereocenters. The van der Waals surface area contributed by atoms with Crippen LogP contribution in [0.4, 0.5) is 0 Å². The van der Waals surface area contributed by atoms with Gasteiger partial charge in [-0.1, -0.05) is 36.9 Å². The first kappa shape index (κ1) is 15.0. The van der Waals surface area contributed by atoms with Crippen LogP contribution in [0.5, 0.6) is 5.75 Å².